The molecule has 0 atom stereocenters. The fourth-order valence-electron chi connectivity index (χ4n) is 2.91. The van der Waals surface area contributed by atoms with Crippen molar-refractivity contribution in [3.63, 3.8) is 0 Å². The smallest absolute Gasteiger partial charge is 0.126 e. The fourth-order valence-corrected chi connectivity index (χ4v) is 2.91. The van der Waals surface area contributed by atoms with E-state index in [1.54, 1.807) is 0 Å². The van der Waals surface area contributed by atoms with Gasteiger partial charge in [0, 0.05) is 11.1 Å². The SMILES string of the molecule is Cc1c2c(c(C)c3c1OCCC3)OCCC2. The summed E-state index contributed by atoms with van der Waals surface area (Å²) in [6.07, 6.45) is 4.54. The Morgan fingerprint density at radius 3 is 1.62 bits per heavy atom. The fraction of sp³-hybridized carbons (Fsp3) is 0.571. The number of hydrogen-bond acceptors (Lipinski definition) is 2. The molecule has 0 saturated carbocycles. The van der Waals surface area contributed by atoms with Gasteiger partial charge in [-0.1, -0.05) is 0 Å². The second kappa shape index (κ2) is 3.69. The molecule has 1 aromatic carbocycles. The summed E-state index contributed by atoms with van der Waals surface area (Å²) in [7, 11) is 0. The third kappa shape index (κ3) is 1.32. The maximum absolute atomic E-state index is 5.85. The summed E-state index contributed by atoms with van der Waals surface area (Å²) in [5.41, 5.74) is 5.39. The van der Waals surface area contributed by atoms with Gasteiger partial charge in [0.15, 0.2) is 0 Å². The second-order valence-corrected chi connectivity index (χ2v) is 4.77. The predicted octanol–water partition coefficient (Wildman–Crippen LogP) is 2.95. The first-order valence-corrected chi connectivity index (χ1v) is 6.19. The first-order valence-electron chi connectivity index (χ1n) is 6.19. The average Bonchev–Trinajstić information content (AvgIpc) is 2.36. The quantitative estimate of drug-likeness (QED) is 0.666. The molecule has 0 saturated heterocycles. The lowest BCUT2D eigenvalue weighted by Crippen LogP contribution is -2.17. The van der Waals surface area contributed by atoms with Crippen molar-refractivity contribution in [2.75, 3.05) is 13.2 Å². The average molecular weight is 218 g/mol. The molecule has 2 aliphatic rings. The van der Waals surface area contributed by atoms with Gasteiger partial charge in [0.1, 0.15) is 11.5 Å². The monoisotopic (exact) mass is 218 g/mol. The molecule has 86 valence electrons. The number of ether oxygens (including phenoxy) is 2. The lowest BCUT2D eigenvalue weighted by molar-refractivity contribution is 0.268. The molecule has 2 aliphatic heterocycles. The second-order valence-electron chi connectivity index (χ2n) is 4.77. The van der Waals surface area contributed by atoms with Crippen molar-refractivity contribution in [2.24, 2.45) is 0 Å². The van der Waals surface area contributed by atoms with E-state index in [2.05, 4.69) is 13.8 Å². The topological polar surface area (TPSA) is 18.5 Å². The molecule has 0 fully saturated rings. The third-order valence-corrected chi connectivity index (χ3v) is 3.77. The Labute approximate surface area is 96.6 Å². The molecule has 3 rings (SSSR count). The van der Waals surface area contributed by atoms with Crippen molar-refractivity contribution in [3.8, 4) is 11.5 Å². The highest BCUT2D eigenvalue weighted by atomic mass is 16.5. The summed E-state index contributed by atoms with van der Waals surface area (Å²) in [5, 5.41) is 0. The van der Waals surface area contributed by atoms with Crippen LogP contribution in [-0.2, 0) is 12.8 Å². The Morgan fingerprint density at radius 2 is 1.19 bits per heavy atom. The molecule has 2 heterocycles. The van der Waals surface area contributed by atoms with E-state index in [4.69, 9.17) is 9.47 Å². The lowest BCUT2D eigenvalue weighted by atomic mass is 9.90. The van der Waals surface area contributed by atoms with Gasteiger partial charge in [-0.2, -0.15) is 0 Å². The number of rotatable bonds is 0. The Hall–Kier alpha value is -1.18. The van der Waals surface area contributed by atoms with Crippen LogP contribution in [0.4, 0.5) is 0 Å². The van der Waals surface area contributed by atoms with E-state index in [1.807, 2.05) is 0 Å². The Kier molecular flexibility index (Phi) is 2.31. The van der Waals surface area contributed by atoms with Crippen molar-refractivity contribution in [3.05, 3.63) is 22.3 Å². The van der Waals surface area contributed by atoms with E-state index in [0.717, 1.165) is 50.4 Å². The molecular weight excluding hydrogens is 200 g/mol. The summed E-state index contributed by atoms with van der Waals surface area (Å²) in [6.45, 7) is 6.09. The summed E-state index contributed by atoms with van der Waals surface area (Å²) in [4.78, 5) is 0. The van der Waals surface area contributed by atoms with Crippen molar-refractivity contribution in [1.29, 1.82) is 0 Å². The zero-order valence-electron chi connectivity index (χ0n) is 10.1. The summed E-state index contributed by atoms with van der Waals surface area (Å²) in [6, 6.07) is 0. The highest BCUT2D eigenvalue weighted by molar-refractivity contribution is 5.59. The van der Waals surface area contributed by atoms with Crippen LogP contribution in [0, 0.1) is 13.8 Å². The van der Waals surface area contributed by atoms with Crippen LogP contribution in [-0.4, -0.2) is 13.2 Å². The minimum atomic E-state index is 0.868. The Morgan fingerprint density at radius 1 is 0.750 bits per heavy atom. The van der Waals surface area contributed by atoms with Crippen molar-refractivity contribution >= 4 is 0 Å². The molecule has 1 aromatic rings. The number of hydrogen-bond donors (Lipinski definition) is 0. The highest BCUT2D eigenvalue weighted by Gasteiger charge is 2.25. The molecule has 16 heavy (non-hydrogen) atoms. The molecule has 0 spiro atoms. The summed E-state index contributed by atoms with van der Waals surface area (Å²) >= 11 is 0. The van der Waals surface area contributed by atoms with E-state index in [9.17, 15) is 0 Å². The molecule has 0 aliphatic carbocycles. The zero-order valence-corrected chi connectivity index (χ0v) is 10.1. The Balaban J connectivity index is 2.24. The third-order valence-electron chi connectivity index (χ3n) is 3.77. The van der Waals surface area contributed by atoms with Crippen LogP contribution in [0.5, 0.6) is 11.5 Å². The first-order chi connectivity index (χ1) is 7.79. The summed E-state index contributed by atoms with van der Waals surface area (Å²) < 4.78 is 11.7. The van der Waals surface area contributed by atoms with E-state index in [0.29, 0.717) is 0 Å². The van der Waals surface area contributed by atoms with Crippen LogP contribution in [0.15, 0.2) is 0 Å². The zero-order chi connectivity index (χ0) is 11.1. The van der Waals surface area contributed by atoms with Gasteiger partial charge in [0.25, 0.3) is 0 Å². The van der Waals surface area contributed by atoms with Gasteiger partial charge >= 0.3 is 0 Å². The summed E-state index contributed by atoms with van der Waals surface area (Å²) in [5.74, 6) is 2.29. The van der Waals surface area contributed by atoms with Crippen molar-refractivity contribution in [2.45, 2.75) is 39.5 Å². The van der Waals surface area contributed by atoms with E-state index in [-0.39, 0.29) is 0 Å². The molecule has 0 unspecified atom stereocenters. The Bertz CT molecular complexity index is 357. The molecule has 0 radical (unpaired) electrons. The van der Waals surface area contributed by atoms with E-state index < -0.39 is 0 Å². The van der Waals surface area contributed by atoms with Crippen LogP contribution < -0.4 is 9.47 Å². The molecule has 2 heteroatoms. The van der Waals surface area contributed by atoms with Gasteiger partial charge in [-0.15, -0.1) is 0 Å². The highest BCUT2D eigenvalue weighted by Crippen LogP contribution is 2.42. The van der Waals surface area contributed by atoms with Gasteiger partial charge < -0.3 is 9.47 Å². The van der Waals surface area contributed by atoms with Crippen LogP contribution in [0.1, 0.15) is 35.1 Å². The van der Waals surface area contributed by atoms with Gasteiger partial charge in [-0.05, 0) is 50.7 Å². The number of fused-ring (bicyclic) bond motifs is 2. The first kappa shape index (κ1) is 10.0. The van der Waals surface area contributed by atoms with Gasteiger partial charge in [-0.3, -0.25) is 0 Å². The molecule has 0 N–H and O–H groups in total. The molecule has 0 aromatic heterocycles. The predicted molar refractivity (Wildman–Crippen MR) is 63.5 cm³/mol. The van der Waals surface area contributed by atoms with Crippen molar-refractivity contribution in [1.82, 2.24) is 0 Å². The lowest BCUT2D eigenvalue weighted by Gasteiger charge is -2.28. The van der Waals surface area contributed by atoms with Crippen molar-refractivity contribution < 1.29 is 9.47 Å². The molecule has 0 bridgehead atoms. The molecule has 2 nitrogen and oxygen atoms in total. The van der Waals surface area contributed by atoms with E-state index in [1.165, 1.54) is 22.3 Å². The molecular formula is C14H18O2. The maximum Gasteiger partial charge on any atom is 0.126 e. The van der Waals surface area contributed by atoms with Gasteiger partial charge in [0.2, 0.25) is 0 Å². The minimum absolute atomic E-state index is 0.868. The van der Waals surface area contributed by atoms with Crippen LogP contribution in [0.3, 0.4) is 0 Å². The number of benzene rings is 1. The molecule has 0 amide bonds. The largest absolute Gasteiger partial charge is 0.493 e. The van der Waals surface area contributed by atoms with Gasteiger partial charge in [-0.25, -0.2) is 0 Å². The standard InChI is InChI=1S/C14H18O2/c1-9-11-5-3-8-16-14(11)10(2)12-6-4-7-15-13(9)12/h3-8H2,1-2H3. The maximum atomic E-state index is 5.85. The van der Waals surface area contributed by atoms with Crippen LogP contribution in [0.25, 0.3) is 0 Å². The minimum Gasteiger partial charge on any atom is -0.493 e. The van der Waals surface area contributed by atoms with Crippen LogP contribution in [0.2, 0.25) is 0 Å². The normalized spacial score (nSPS) is 18.1. The van der Waals surface area contributed by atoms with E-state index >= 15 is 0 Å². The van der Waals surface area contributed by atoms with Gasteiger partial charge in [0.05, 0.1) is 13.2 Å². The van der Waals surface area contributed by atoms with Crippen LogP contribution >= 0.6 is 0 Å².